The molecule has 7 heavy (non-hydrogen) atoms. The Morgan fingerprint density at radius 1 is 1.00 bits per heavy atom. The van der Waals surface area contributed by atoms with Crippen molar-refractivity contribution in [3.05, 3.63) is 0 Å². The van der Waals surface area contributed by atoms with E-state index in [1.54, 1.807) is 0 Å². The Morgan fingerprint density at radius 2 is 1.43 bits per heavy atom. The van der Waals surface area contributed by atoms with Crippen molar-refractivity contribution in [1.29, 1.82) is 0 Å². The second-order valence-electron chi connectivity index (χ2n) is 1.93. The molecule has 0 aromatic heterocycles. The first-order chi connectivity index (χ1) is 3.41. The van der Waals surface area contributed by atoms with Crippen molar-refractivity contribution in [3.8, 4) is 0 Å². The molecule has 0 aliphatic carbocycles. The lowest BCUT2D eigenvalue weighted by Gasteiger charge is -2.36. The van der Waals surface area contributed by atoms with Gasteiger partial charge in [0.25, 0.3) is 7.72 Å². The summed E-state index contributed by atoms with van der Waals surface area (Å²) < 4.78 is 10.5. The van der Waals surface area contributed by atoms with Crippen LogP contribution in [0.15, 0.2) is 0 Å². The number of hydrogen-bond donors (Lipinski definition) is 0. The first-order valence-electron chi connectivity index (χ1n) is 2.57. The van der Waals surface area contributed by atoms with E-state index in [1.165, 1.54) is 12.3 Å². The third-order valence-electron chi connectivity index (χ3n) is 1.52. The predicted molar refractivity (Wildman–Crippen MR) is 28.6 cm³/mol. The Labute approximate surface area is 43.3 Å². The van der Waals surface area contributed by atoms with Crippen LogP contribution in [0.2, 0.25) is 0 Å². The fourth-order valence-corrected chi connectivity index (χ4v) is 2.60. The Kier molecular flexibility index (Phi) is 0.724. The third-order valence-corrected chi connectivity index (χ3v) is 4.55. The van der Waals surface area contributed by atoms with Crippen molar-refractivity contribution in [3.63, 3.8) is 0 Å². The molecule has 2 nitrogen and oxygen atoms in total. The van der Waals surface area contributed by atoms with Crippen LogP contribution >= 0.6 is 7.72 Å². The van der Waals surface area contributed by atoms with Crippen LogP contribution in [0.25, 0.3) is 0 Å². The van der Waals surface area contributed by atoms with Crippen molar-refractivity contribution in [2.45, 2.75) is 0 Å². The van der Waals surface area contributed by atoms with Crippen LogP contribution in [0.4, 0.5) is 0 Å². The number of rotatable bonds is 0. The molecule has 2 rings (SSSR count). The lowest BCUT2D eigenvalue weighted by atomic mass is 10.8. The first-order valence-corrected chi connectivity index (χ1v) is 4.57. The molecule has 0 saturated carbocycles. The first kappa shape index (κ1) is 4.25. The zero-order valence-corrected chi connectivity index (χ0v) is 4.99. The Bertz CT molecular complexity index is 70.2. The smallest absolute Gasteiger partial charge is 0.202 e. The topological polar surface area (TPSA) is 18.5 Å². The summed E-state index contributed by atoms with van der Waals surface area (Å²) in [6.45, 7) is 1.90. The van der Waals surface area contributed by atoms with Gasteiger partial charge in [0.05, 0.1) is 0 Å². The van der Waals surface area contributed by atoms with Crippen molar-refractivity contribution in [2.75, 3.05) is 25.5 Å². The second kappa shape index (κ2) is 1.19. The second-order valence-corrected chi connectivity index (χ2v) is 4.97. The van der Waals surface area contributed by atoms with Gasteiger partial charge in [-0.1, -0.05) is 0 Å². The molecule has 1 spiro atoms. The molecule has 0 N–H and O–H groups in total. The van der Waals surface area contributed by atoms with Gasteiger partial charge < -0.3 is 0 Å². The quantitative estimate of drug-likeness (QED) is 0.441. The van der Waals surface area contributed by atoms with E-state index >= 15 is 0 Å². The van der Waals surface area contributed by atoms with E-state index in [-0.39, 0.29) is 0 Å². The molecule has 0 radical (unpaired) electrons. The largest absolute Gasteiger partial charge is 0.280 e. The van der Waals surface area contributed by atoms with E-state index in [0.29, 0.717) is 0 Å². The van der Waals surface area contributed by atoms with Gasteiger partial charge in [-0.3, -0.25) is 0 Å². The van der Waals surface area contributed by atoms with E-state index < -0.39 is 7.72 Å². The summed E-state index contributed by atoms with van der Waals surface area (Å²) in [4.78, 5) is 0. The predicted octanol–water partition coefficient (Wildman–Crippen LogP) is 0.894. The highest BCUT2D eigenvalue weighted by atomic mass is 31.2. The third kappa shape index (κ3) is 0.449. The summed E-state index contributed by atoms with van der Waals surface area (Å²) in [5.74, 6) is 0. The molecule has 0 unspecified atom stereocenters. The molecule has 3 heteroatoms. The summed E-state index contributed by atoms with van der Waals surface area (Å²) in [5, 5.41) is 0. The average Bonchev–Trinajstić information content (AvgIpc) is 1.20. The number of hydrogen-bond acceptors (Lipinski definition) is 2. The lowest BCUT2D eigenvalue weighted by Crippen LogP contribution is -2.33. The highest BCUT2D eigenvalue weighted by Crippen LogP contribution is 2.71. The van der Waals surface area contributed by atoms with Crippen LogP contribution in [-0.2, 0) is 9.05 Å². The Morgan fingerprint density at radius 3 is 1.43 bits per heavy atom. The maximum atomic E-state index is 5.24. The fraction of sp³-hybridized carbons (Fsp3) is 1.00. The van der Waals surface area contributed by atoms with E-state index in [0.717, 1.165) is 13.2 Å². The lowest BCUT2D eigenvalue weighted by molar-refractivity contribution is 0.162. The van der Waals surface area contributed by atoms with Gasteiger partial charge in [0.2, 0.25) is 0 Å². The van der Waals surface area contributed by atoms with Gasteiger partial charge in [-0.2, -0.15) is 0 Å². The van der Waals surface area contributed by atoms with Gasteiger partial charge in [0, 0.05) is 0 Å². The van der Waals surface area contributed by atoms with Crippen LogP contribution in [0.3, 0.4) is 0 Å². The van der Waals surface area contributed by atoms with E-state index in [4.69, 9.17) is 9.05 Å². The van der Waals surface area contributed by atoms with E-state index in [2.05, 4.69) is 0 Å². The Balaban J connectivity index is 2.00. The maximum Gasteiger partial charge on any atom is 0.280 e. The minimum atomic E-state index is -1.04. The molecule has 2 fully saturated rings. The maximum absolute atomic E-state index is 5.24. The molecule has 2 saturated heterocycles. The Hall–Kier alpha value is 0.350. The SMILES string of the molecule is C1C[P+]2(CCO2)O1. The fourth-order valence-electron chi connectivity index (χ4n) is 0.868. The van der Waals surface area contributed by atoms with Gasteiger partial charge >= 0.3 is 0 Å². The van der Waals surface area contributed by atoms with Gasteiger partial charge in [-0.05, 0) is 0 Å². The average molecular weight is 119 g/mol. The molecule has 2 aliphatic rings. The van der Waals surface area contributed by atoms with Crippen LogP contribution in [0.5, 0.6) is 0 Å². The van der Waals surface area contributed by atoms with E-state index in [9.17, 15) is 0 Å². The standard InChI is InChI=1S/C4H8O2P/c1-3-7(5-1)4-2-6-7/h1-4H2/q+1. The van der Waals surface area contributed by atoms with E-state index in [1.807, 2.05) is 0 Å². The van der Waals surface area contributed by atoms with Crippen molar-refractivity contribution < 1.29 is 9.05 Å². The molecule has 0 aromatic carbocycles. The molecule has 0 bridgehead atoms. The minimum Gasteiger partial charge on any atom is -0.202 e. The monoisotopic (exact) mass is 119 g/mol. The summed E-state index contributed by atoms with van der Waals surface area (Å²) in [6.07, 6.45) is 2.46. The zero-order chi connectivity index (χ0) is 4.74. The van der Waals surface area contributed by atoms with Gasteiger partial charge in [0.15, 0.2) is 0 Å². The van der Waals surface area contributed by atoms with Crippen LogP contribution < -0.4 is 0 Å². The van der Waals surface area contributed by atoms with Gasteiger partial charge in [0.1, 0.15) is 25.5 Å². The van der Waals surface area contributed by atoms with Crippen LogP contribution in [-0.4, -0.2) is 25.5 Å². The van der Waals surface area contributed by atoms with Crippen LogP contribution in [0, 0.1) is 0 Å². The highest BCUT2D eigenvalue weighted by molar-refractivity contribution is 7.68. The molecule has 0 aromatic rings. The van der Waals surface area contributed by atoms with Gasteiger partial charge in [-0.25, -0.2) is 9.05 Å². The van der Waals surface area contributed by atoms with Crippen molar-refractivity contribution in [2.24, 2.45) is 0 Å². The molecule has 2 heterocycles. The molecule has 0 amide bonds. The van der Waals surface area contributed by atoms with Crippen LogP contribution in [0.1, 0.15) is 0 Å². The zero-order valence-electron chi connectivity index (χ0n) is 4.09. The van der Waals surface area contributed by atoms with Crippen molar-refractivity contribution >= 4 is 7.72 Å². The summed E-state index contributed by atoms with van der Waals surface area (Å²) in [6, 6.07) is 0. The van der Waals surface area contributed by atoms with Gasteiger partial charge in [-0.15, -0.1) is 0 Å². The normalized spacial score (nSPS) is 34.3. The molecular weight excluding hydrogens is 111 g/mol. The minimum absolute atomic E-state index is 0.952. The summed E-state index contributed by atoms with van der Waals surface area (Å²) in [5.41, 5.74) is 0. The van der Waals surface area contributed by atoms with Crippen molar-refractivity contribution in [1.82, 2.24) is 0 Å². The molecule has 40 valence electrons. The molecule has 2 aliphatic heterocycles. The summed E-state index contributed by atoms with van der Waals surface area (Å²) >= 11 is 0. The highest BCUT2D eigenvalue weighted by Gasteiger charge is 2.56. The molecule has 0 atom stereocenters. The summed E-state index contributed by atoms with van der Waals surface area (Å²) in [7, 11) is -1.04. The molecular formula is C4H8O2P+.